The number of anilines is 2. The molecule has 0 aliphatic carbocycles. The zero-order chi connectivity index (χ0) is 19.0. The van der Waals surface area contributed by atoms with Crippen LogP contribution in [-0.2, 0) is 6.54 Å². The van der Waals surface area contributed by atoms with Gasteiger partial charge in [0.05, 0.1) is 18.3 Å². The zero-order valence-corrected chi connectivity index (χ0v) is 15.4. The van der Waals surface area contributed by atoms with Gasteiger partial charge in [-0.05, 0) is 55.5 Å². The number of benzene rings is 2. The molecule has 0 radical (unpaired) electrons. The molecule has 4 rings (SSSR count). The summed E-state index contributed by atoms with van der Waals surface area (Å²) >= 11 is 6.00. The molecule has 0 saturated carbocycles. The third-order valence-corrected chi connectivity index (χ3v) is 4.79. The van der Waals surface area contributed by atoms with Gasteiger partial charge in [0.1, 0.15) is 11.5 Å². The highest BCUT2D eigenvalue weighted by molar-refractivity contribution is 6.30. The van der Waals surface area contributed by atoms with Crippen LogP contribution in [-0.4, -0.2) is 22.2 Å². The molecule has 1 aliphatic heterocycles. The van der Waals surface area contributed by atoms with Crippen LogP contribution in [0.3, 0.4) is 0 Å². The van der Waals surface area contributed by atoms with Crippen LogP contribution in [0.1, 0.15) is 29.1 Å². The minimum atomic E-state index is -0.323. The highest BCUT2D eigenvalue weighted by Gasteiger charge is 2.31. The lowest BCUT2D eigenvalue weighted by Gasteiger charge is -2.31. The van der Waals surface area contributed by atoms with Gasteiger partial charge in [-0.3, -0.25) is 9.48 Å². The molecule has 1 aromatic heterocycles. The van der Waals surface area contributed by atoms with Gasteiger partial charge in [0.25, 0.3) is 5.91 Å². The number of nitrogens with one attached hydrogen (secondary N) is 1. The molecule has 0 spiro atoms. The van der Waals surface area contributed by atoms with Crippen molar-refractivity contribution in [2.24, 2.45) is 0 Å². The van der Waals surface area contributed by atoms with Crippen LogP contribution in [0.15, 0.2) is 54.6 Å². The molecule has 2 heterocycles. The number of carbonyl (C=O) groups is 1. The largest absolute Gasteiger partial charge is 0.379 e. The van der Waals surface area contributed by atoms with Gasteiger partial charge in [-0.25, -0.2) is 4.39 Å². The summed E-state index contributed by atoms with van der Waals surface area (Å²) in [6, 6.07) is 15.2. The van der Waals surface area contributed by atoms with Gasteiger partial charge in [-0.2, -0.15) is 5.10 Å². The minimum Gasteiger partial charge on any atom is -0.379 e. The summed E-state index contributed by atoms with van der Waals surface area (Å²) in [4.78, 5) is 14.6. The van der Waals surface area contributed by atoms with E-state index in [1.807, 2.05) is 31.2 Å². The summed E-state index contributed by atoms with van der Waals surface area (Å²) < 4.78 is 14.9. The molecule has 27 heavy (non-hydrogen) atoms. The van der Waals surface area contributed by atoms with E-state index >= 15 is 0 Å². The second kappa shape index (κ2) is 7.04. The fourth-order valence-electron chi connectivity index (χ4n) is 3.22. The van der Waals surface area contributed by atoms with Crippen LogP contribution >= 0.6 is 11.6 Å². The van der Waals surface area contributed by atoms with Crippen molar-refractivity contribution < 1.29 is 9.18 Å². The molecule has 1 amide bonds. The lowest BCUT2D eigenvalue weighted by Crippen LogP contribution is -2.42. The first kappa shape index (κ1) is 17.5. The molecular weight excluding hydrogens is 367 g/mol. The molecule has 138 valence electrons. The van der Waals surface area contributed by atoms with Crippen molar-refractivity contribution in [3.63, 3.8) is 0 Å². The Bertz CT molecular complexity index is 986. The van der Waals surface area contributed by atoms with Crippen molar-refractivity contribution >= 4 is 28.9 Å². The highest BCUT2D eigenvalue weighted by atomic mass is 35.5. The maximum absolute atomic E-state index is 13.2. The van der Waals surface area contributed by atoms with E-state index in [2.05, 4.69) is 10.4 Å². The summed E-state index contributed by atoms with van der Waals surface area (Å²) in [7, 11) is 0. The lowest BCUT2D eigenvalue weighted by molar-refractivity contribution is 0.0953. The molecule has 0 bridgehead atoms. The van der Waals surface area contributed by atoms with E-state index in [1.54, 1.807) is 27.8 Å². The van der Waals surface area contributed by atoms with Crippen LogP contribution in [0.2, 0.25) is 5.02 Å². The van der Waals surface area contributed by atoms with E-state index < -0.39 is 0 Å². The van der Waals surface area contributed by atoms with E-state index in [-0.39, 0.29) is 17.8 Å². The summed E-state index contributed by atoms with van der Waals surface area (Å²) in [6.07, 6.45) is 0. The van der Waals surface area contributed by atoms with Crippen molar-refractivity contribution in [3.05, 3.63) is 76.8 Å². The van der Waals surface area contributed by atoms with Gasteiger partial charge in [0.15, 0.2) is 0 Å². The van der Waals surface area contributed by atoms with Gasteiger partial charge in [0, 0.05) is 22.9 Å². The van der Waals surface area contributed by atoms with Crippen molar-refractivity contribution in [2.75, 3.05) is 16.8 Å². The van der Waals surface area contributed by atoms with E-state index in [1.165, 1.54) is 12.1 Å². The monoisotopic (exact) mass is 384 g/mol. The Morgan fingerprint density at radius 1 is 1.22 bits per heavy atom. The number of halogens is 2. The fraction of sp³-hybridized carbons (Fsp3) is 0.200. The quantitative estimate of drug-likeness (QED) is 0.720. The molecule has 3 aromatic rings. The second-order valence-corrected chi connectivity index (χ2v) is 7.01. The van der Waals surface area contributed by atoms with Gasteiger partial charge in [-0.1, -0.05) is 17.7 Å². The topological polar surface area (TPSA) is 50.2 Å². The zero-order valence-electron chi connectivity index (χ0n) is 14.7. The standard InChI is InChI=1S/C20H18ClFN4O/c1-13-12-25(18-7-5-15(22)6-8-18)20(27)19-10-17(24-26(13)19)11-23-16-4-2-3-14(21)9-16/h2-10,13,23H,11-12H2,1H3. The smallest absolute Gasteiger partial charge is 0.276 e. The van der Waals surface area contributed by atoms with E-state index in [9.17, 15) is 9.18 Å². The molecule has 5 nitrogen and oxygen atoms in total. The summed E-state index contributed by atoms with van der Waals surface area (Å²) in [6.45, 7) is 2.98. The summed E-state index contributed by atoms with van der Waals surface area (Å²) in [5, 5.41) is 8.49. The molecule has 0 saturated heterocycles. The Kier molecular flexibility index (Phi) is 4.58. The van der Waals surface area contributed by atoms with E-state index in [0.717, 1.165) is 11.4 Å². The van der Waals surface area contributed by atoms with Crippen molar-refractivity contribution in [2.45, 2.75) is 19.5 Å². The highest BCUT2D eigenvalue weighted by Crippen LogP contribution is 2.27. The summed E-state index contributed by atoms with van der Waals surface area (Å²) in [5.41, 5.74) is 2.87. The average molecular weight is 385 g/mol. The maximum atomic E-state index is 13.2. The molecule has 1 N–H and O–H groups in total. The second-order valence-electron chi connectivity index (χ2n) is 6.57. The Hall–Kier alpha value is -2.86. The normalized spacial score (nSPS) is 16.3. The van der Waals surface area contributed by atoms with Gasteiger partial charge in [-0.15, -0.1) is 0 Å². The lowest BCUT2D eigenvalue weighted by atomic mass is 10.1. The third-order valence-electron chi connectivity index (χ3n) is 4.55. The number of hydrogen-bond acceptors (Lipinski definition) is 3. The molecule has 1 atom stereocenters. The number of fused-ring (bicyclic) bond motifs is 1. The van der Waals surface area contributed by atoms with Gasteiger partial charge < -0.3 is 10.2 Å². The molecule has 1 unspecified atom stereocenters. The van der Waals surface area contributed by atoms with E-state index in [0.29, 0.717) is 29.5 Å². The Balaban J connectivity index is 1.55. The van der Waals surface area contributed by atoms with Crippen molar-refractivity contribution in [1.82, 2.24) is 9.78 Å². The molecule has 0 fully saturated rings. The number of nitrogens with zero attached hydrogens (tertiary/aromatic N) is 3. The first-order valence-electron chi connectivity index (χ1n) is 8.66. The van der Waals surface area contributed by atoms with Crippen molar-refractivity contribution in [3.8, 4) is 0 Å². The fourth-order valence-corrected chi connectivity index (χ4v) is 3.41. The van der Waals surface area contributed by atoms with Crippen LogP contribution < -0.4 is 10.2 Å². The Morgan fingerprint density at radius 3 is 2.74 bits per heavy atom. The Morgan fingerprint density at radius 2 is 2.00 bits per heavy atom. The maximum Gasteiger partial charge on any atom is 0.276 e. The summed E-state index contributed by atoms with van der Waals surface area (Å²) in [5.74, 6) is -0.461. The molecule has 2 aromatic carbocycles. The number of rotatable bonds is 4. The average Bonchev–Trinajstić information content (AvgIpc) is 3.09. The third kappa shape index (κ3) is 3.53. The first-order chi connectivity index (χ1) is 13.0. The number of aromatic nitrogens is 2. The van der Waals surface area contributed by atoms with Crippen LogP contribution in [0.4, 0.5) is 15.8 Å². The number of hydrogen-bond donors (Lipinski definition) is 1. The molecule has 7 heteroatoms. The minimum absolute atomic E-state index is 0.0164. The van der Waals surface area contributed by atoms with Gasteiger partial charge >= 0.3 is 0 Å². The molecular formula is C20H18ClFN4O. The predicted octanol–water partition coefficient (Wildman–Crippen LogP) is 4.51. The Labute approximate surface area is 161 Å². The van der Waals surface area contributed by atoms with Gasteiger partial charge in [0.2, 0.25) is 0 Å². The van der Waals surface area contributed by atoms with Crippen LogP contribution in [0, 0.1) is 5.82 Å². The number of amides is 1. The first-order valence-corrected chi connectivity index (χ1v) is 9.04. The predicted molar refractivity (Wildman–Crippen MR) is 104 cm³/mol. The molecule has 1 aliphatic rings. The van der Waals surface area contributed by atoms with Crippen LogP contribution in [0.25, 0.3) is 0 Å². The van der Waals surface area contributed by atoms with Crippen molar-refractivity contribution in [1.29, 1.82) is 0 Å². The van der Waals surface area contributed by atoms with E-state index in [4.69, 9.17) is 11.6 Å². The number of carbonyl (C=O) groups excluding carboxylic acids is 1. The van der Waals surface area contributed by atoms with Crippen LogP contribution in [0.5, 0.6) is 0 Å². The SMILES string of the molecule is CC1CN(c2ccc(F)cc2)C(=O)c2cc(CNc3cccc(Cl)c3)nn21.